The Morgan fingerprint density at radius 1 is 1.42 bits per heavy atom. The van der Waals surface area contributed by atoms with E-state index < -0.39 is 0 Å². The van der Waals surface area contributed by atoms with Crippen LogP contribution in [0.15, 0.2) is 29.3 Å². The smallest absolute Gasteiger partial charge is 0.193 e. The highest BCUT2D eigenvalue weighted by molar-refractivity contribution is 14.0. The monoisotopic (exact) mass is 374 g/mol. The van der Waals surface area contributed by atoms with Crippen LogP contribution in [0.25, 0.3) is 0 Å². The summed E-state index contributed by atoms with van der Waals surface area (Å²) in [7, 11) is 2.15. The molecule has 1 atom stereocenters. The summed E-state index contributed by atoms with van der Waals surface area (Å²) in [4.78, 5) is 6.75. The molecule has 0 aromatic heterocycles. The zero-order valence-corrected chi connectivity index (χ0v) is 13.9. The second-order valence-electron chi connectivity index (χ2n) is 5.13. The lowest BCUT2D eigenvalue weighted by Crippen LogP contribution is -2.24. The molecule has 0 amide bonds. The van der Waals surface area contributed by atoms with E-state index in [-0.39, 0.29) is 24.0 Å². The van der Waals surface area contributed by atoms with Gasteiger partial charge in [0.1, 0.15) is 0 Å². The summed E-state index contributed by atoms with van der Waals surface area (Å²) in [5, 5.41) is 3.12. The number of likely N-dealkylation sites (tertiary alicyclic amines) is 1. The van der Waals surface area contributed by atoms with Crippen LogP contribution in [-0.4, -0.2) is 37.5 Å². The van der Waals surface area contributed by atoms with Gasteiger partial charge in [-0.2, -0.15) is 0 Å². The Morgan fingerprint density at radius 2 is 2.11 bits per heavy atom. The second-order valence-corrected chi connectivity index (χ2v) is 5.13. The van der Waals surface area contributed by atoms with Crippen LogP contribution in [0.4, 0.5) is 5.69 Å². The minimum Gasteiger partial charge on any atom is -0.370 e. The molecule has 1 aromatic carbocycles. The molecule has 0 aliphatic carbocycles. The molecule has 1 heterocycles. The van der Waals surface area contributed by atoms with Crippen LogP contribution in [0.5, 0.6) is 0 Å². The van der Waals surface area contributed by atoms with E-state index in [2.05, 4.69) is 41.3 Å². The Kier molecular flexibility index (Phi) is 6.57. The number of benzene rings is 1. The zero-order chi connectivity index (χ0) is 13.0. The van der Waals surface area contributed by atoms with E-state index in [0.717, 1.165) is 18.8 Å². The molecule has 0 saturated carbocycles. The maximum absolute atomic E-state index is 5.88. The van der Waals surface area contributed by atoms with Gasteiger partial charge in [0.15, 0.2) is 5.96 Å². The third-order valence-corrected chi connectivity index (χ3v) is 3.33. The molecule has 0 radical (unpaired) electrons. The molecule has 1 aliphatic rings. The van der Waals surface area contributed by atoms with Crippen molar-refractivity contribution in [3.05, 3.63) is 29.8 Å². The van der Waals surface area contributed by atoms with Crippen molar-refractivity contribution in [1.82, 2.24) is 4.90 Å². The van der Waals surface area contributed by atoms with Crippen molar-refractivity contribution < 1.29 is 0 Å². The molecule has 106 valence electrons. The number of anilines is 1. The molecule has 4 nitrogen and oxygen atoms in total. The predicted molar refractivity (Wildman–Crippen MR) is 92.3 cm³/mol. The van der Waals surface area contributed by atoms with Crippen molar-refractivity contribution >= 4 is 35.6 Å². The highest BCUT2D eigenvalue weighted by atomic mass is 127. The van der Waals surface area contributed by atoms with E-state index in [4.69, 9.17) is 5.73 Å². The van der Waals surface area contributed by atoms with E-state index in [1.54, 1.807) is 0 Å². The number of hydrogen-bond acceptors (Lipinski definition) is 2. The fourth-order valence-corrected chi connectivity index (χ4v) is 2.23. The van der Waals surface area contributed by atoms with Crippen LogP contribution in [0.2, 0.25) is 0 Å². The molecule has 19 heavy (non-hydrogen) atoms. The summed E-state index contributed by atoms with van der Waals surface area (Å²) in [6.07, 6.45) is 1.22. The first-order chi connectivity index (χ1) is 8.63. The largest absolute Gasteiger partial charge is 0.370 e. The highest BCUT2D eigenvalue weighted by Gasteiger charge is 2.18. The molecule has 5 heteroatoms. The standard InChI is InChI=1S/C14H22N4.HI/c1-11-3-5-13(6-4-11)17-14(15)16-9-12-7-8-18(2)10-12;/h3-6,12H,7-10H2,1-2H3,(H3,15,16,17);1H. The van der Waals surface area contributed by atoms with Crippen molar-refractivity contribution in [2.45, 2.75) is 13.3 Å². The molecular formula is C14H23IN4. The molecule has 0 bridgehead atoms. The van der Waals surface area contributed by atoms with E-state index in [9.17, 15) is 0 Å². The molecule has 3 N–H and O–H groups in total. The van der Waals surface area contributed by atoms with E-state index in [1.165, 1.54) is 18.5 Å². The van der Waals surface area contributed by atoms with Crippen molar-refractivity contribution in [1.29, 1.82) is 0 Å². The third kappa shape index (κ3) is 5.36. The Morgan fingerprint density at radius 3 is 2.68 bits per heavy atom. The van der Waals surface area contributed by atoms with Gasteiger partial charge in [0, 0.05) is 18.8 Å². The minimum atomic E-state index is 0. The first-order valence-corrected chi connectivity index (χ1v) is 6.45. The third-order valence-electron chi connectivity index (χ3n) is 3.33. The summed E-state index contributed by atoms with van der Waals surface area (Å²) in [6.45, 7) is 5.18. The fourth-order valence-electron chi connectivity index (χ4n) is 2.23. The fraction of sp³-hybridized carbons (Fsp3) is 0.500. The number of guanidine groups is 1. The molecule has 1 unspecified atom stereocenters. The normalized spacial score (nSPS) is 20.1. The van der Waals surface area contributed by atoms with Crippen molar-refractivity contribution in [3.8, 4) is 0 Å². The van der Waals surface area contributed by atoms with Crippen LogP contribution < -0.4 is 11.1 Å². The number of aryl methyl sites for hydroxylation is 1. The van der Waals surface area contributed by atoms with Gasteiger partial charge in [0.2, 0.25) is 0 Å². The lowest BCUT2D eigenvalue weighted by molar-refractivity contribution is 0.397. The number of nitrogens with two attached hydrogens (primary N) is 1. The summed E-state index contributed by atoms with van der Waals surface area (Å²) < 4.78 is 0. The topological polar surface area (TPSA) is 53.6 Å². The van der Waals surface area contributed by atoms with Gasteiger partial charge < -0.3 is 16.0 Å². The first kappa shape index (κ1) is 16.2. The number of rotatable bonds is 3. The van der Waals surface area contributed by atoms with Crippen LogP contribution in [0.3, 0.4) is 0 Å². The number of aliphatic imine (C=N–C) groups is 1. The number of nitrogens with zero attached hydrogens (tertiary/aromatic N) is 2. The SMILES string of the molecule is Cc1ccc(NC(N)=NCC2CCN(C)C2)cc1.I. The minimum absolute atomic E-state index is 0. The predicted octanol–water partition coefficient (Wildman–Crippen LogP) is 2.29. The van der Waals surface area contributed by atoms with Gasteiger partial charge >= 0.3 is 0 Å². The molecular weight excluding hydrogens is 351 g/mol. The van der Waals surface area contributed by atoms with Crippen LogP contribution in [-0.2, 0) is 0 Å². The lowest BCUT2D eigenvalue weighted by Gasteiger charge is -2.09. The van der Waals surface area contributed by atoms with Gasteiger partial charge in [-0.3, -0.25) is 4.99 Å². The van der Waals surface area contributed by atoms with Gasteiger partial charge in [-0.05, 0) is 45.0 Å². The zero-order valence-electron chi connectivity index (χ0n) is 11.6. The lowest BCUT2D eigenvalue weighted by atomic mass is 10.1. The van der Waals surface area contributed by atoms with Gasteiger partial charge in [-0.25, -0.2) is 0 Å². The van der Waals surface area contributed by atoms with Crippen LogP contribution in [0, 0.1) is 12.8 Å². The number of nitrogens with one attached hydrogen (secondary N) is 1. The second kappa shape index (κ2) is 7.69. The Labute approximate surface area is 132 Å². The Bertz CT molecular complexity index is 416. The Hall–Kier alpha value is -0.820. The Balaban J connectivity index is 0.00000180. The van der Waals surface area contributed by atoms with Gasteiger partial charge in [-0.15, -0.1) is 24.0 Å². The molecule has 1 aromatic rings. The first-order valence-electron chi connectivity index (χ1n) is 6.45. The molecule has 2 rings (SSSR count). The molecule has 1 aliphatic heterocycles. The summed E-state index contributed by atoms with van der Waals surface area (Å²) in [6, 6.07) is 8.14. The van der Waals surface area contributed by atoms with Gasteiger partial charge in [0.05, 0.1) is 0 Å². The number of halogens is 1. The van der Waals surface area contributed by atoms with Crippen molar-refractivity contribution in [2.75, 3.05) is 32.0 Å². The van der Waals surface area contributed by atoms with Crippen LogP contribution in [0.1, 0.15) is 12.0 Å². The van der Waals surface area contributed by atoms with Gasteiger partial charge in [0.25, 0.3) is 0 Å². The maximum Gasteiger partial charge on any atom is 0.193 e. The molecule has 1 fully saturated rings. The summed E-state index contributed by atoms with van der Waals surface area (Å²) in [5.74, 6) is 1.15. The highest BCUT2D eigenvalue weighted by Crippen LogP contribution is 2.14. The van der Waals surface area contributed by atoms with Crippen LogP contribution >= 0.6 is 24.0 Å². The van der Waals surface area contributed by atoms with Gasteiger partial charge in [-0.1, -0.05) is 17.7 Å². The van der Waals surface area contributed by atoms with E-state index in [0.29, 0.717) is 11.9 Å². The summed E-state index contributed by atoms with van der Waals surface area (Å²) >= 11 is 0. The quantitative estimate of drug-likeness (QED) is 0.485. The molecule has 0 spiro atoms. The van der Waals surface area contributed by atoms with E-state index in [1.807, 2.05) is 12.1 Å². The van der Waals surface area contributed by atoms with Crippen molar-refractivity contribution in [3.63, 3.8) is 0 Å². The summed E-state index contributed by atoms with van der Waals surface area (Å²) in [5.41, 5.74) is 8.11. The molecule has 1 saturated heterocycles. The average Bonchev–Trinajstić information content (AvgIpc) is 2.76. The average molecular weight is 374 g/mol. The van der Waals surface area contributed by atoms with Crippen molar-refractivity contribution in [2.24, 2.45) is 16.6 Å². The number of hydrogen-bond donors (Lipinski definition) is 2. The maximum atomic E-state index is 5.88. The van der Waals surface area contributed by atoms with E-state index >= 15 is 0 Å².